The van der Waals surface area contributed by atoms with Crippen molar-refractivity contribution in [2.24, 2.45) is 0 Å². The lowest BCUT2D eigenvalue weighted by Gasteiger charge is -2.30. The van der Waals surface area contributed by atoms with Gasteiger partial charge in [0.15, 0.2) is 0 Å². The van der Waals surface area contributed by atoms with Crippen LogP contribution in [-0.4, -0.2) is 40.7 Å². The summed E-state index contributed by atoms with van der Waals surface area (Å²) in [5.74, 6) is 0.244. The smallest absolute Gasteiger partial charge is 0.245 e. The summed E-state index contributed by atoms with van der Waals surface area (Å²) < 4.78 is 0. The topological polar surface area (TPSA) is 40.6 Å². The van der Waals surface area contributed by atoms with Gasteiger partial charge in [0.25, 0.3) is 0 Å². The first-order valence-corrected chi connectivity index (χ1v) is 7.33. The largest absolute Gasteiger partial charge is 0.334 e. The van der Waals surface area contributed by atoms with E-state index >= 15 is 0 Å². The quantitative estimate of drug-likeness (QED) is 0.826. The Balaban J connectivity index is 1.86. The molecule has 2 unspecified atom stereocenters. The van der Waals surface area contributed by atoms with Gasteiger partial charge in [-0.2, -0.15) is 0 Å². The standard InChI is InChI=1S/C16H20N2O2/c1-12(13-6-3-2-4-7-13)17-11-9-15(19)18-10-5-8-14(18)16(17)20/h2-4,6-7,12,14H,5,8-11H2,1H3. The van der Waals surface area contributed by atoms with Crippen LogP contribution in [0.4, 0.5) is 0 Å². The highest BCUT2D eigenvalue weighted by Gasteiger charge is 2.40. The van der Waals surface area contributed by atoms with E-state index in [1.807, 2.05) is 42.2 Å². The van der Waals surface area contributed by atoms with Crippen molar-refractivity contribution in [1.82, 2.24) is 9.80 Å². The maximum Gasteiger partial charge on any atom is 0.245 e. The molecule has 2 saturated heterocycles. The maximum absolute atomic E-state index is 12.7. The third-order valence-electron chi connectivity index (χ3n) is 4.46. The molecule has 2 atom stereocenters. The molecule has 4 heteroatoms. The molecule has 0 bridgehead atoms. The molecule has 2 heterocycles. The fourth-order valence-corrected chi connectivity index (χ4v) is 3.28. The Morgan fingerprint density at radius 2 is 1.90 bits per heavy atom. The third kappa shape index (κ3) is 2.19. The number of hydrogen-bond donors (Lipinski definition) is 0. The van der Waals surface area contributed by atoms with Crippen LogP contribution in [0.3, 0.4) is 0 Å². The number of rotatable bonds is 2. The van der Waals surface area contributed by atoms with E-state index in [1.54, 1.807) is 4.90 Å². The second-order valence-electron chi connectivity index (χ2n) is 5.61. The molecule has 2 aliphatic rings. The van der Waals surface area contributed by atoms with E-state index < -0.39 is 0 Å². The lowest BCUT2D eigenvalue weighted by Crippen LogP contribution is -2.44. The Bertz CT molecular complexity index is 514. The van der Waals surface area contributed by atoms with Crippen LogP contribution < -0.4 is 0 Å². The number of amides is 2. The zero-order valence-electron chi connectivity index (χ0n) is 11.8. The van der Waals surface area contributed by atoms with Crippen LogP contribution >= 0.6 is 0 Å². The fourth-order valence-electron chi connectivity index (χ4n) is 3.28. The molecule has 20 heavy (non-hydrogen) atoms. The molecule has 0 aliphatic carbocycles. The monoisotopic (exact) mass is 272 g/mol. The van der Waals surface area contributed by atoms with E-state index in [0.29, 0.717) is 13.0 Å². The van der Waals surface area contributed by atoms with Gasteiger partial charge >= 0.3 is 0 Å². The van der Waals surface area contributed by atoms with Crippen molar-refractivity contribution in [3.8, 4) is 0 Å². The average Bonchev–Trinajstić information content (AvgIpc) is 2.93. The van der Waals surface area contributed by atoms with Crippen LogP contribution in [0.2, 0.25) is 0 Å². The van der Waals surface area contributed by atoms with Crippen LogP contribution in [0.15, 0.2) is 30.3 Å². The second-order valence-corrected chi connectivity index (χ2v) is 5.61. The van der Waals surface area contributed by atoms with Crippen LogP contribution in [0.1, 0.15) is 37.8 Å². The number of fused-ring (bicyclic) bond motifs is 1. The zero-order chi connectivity index (χ0) is 14.1. The van der Waals surface area contributed by atoms with E-state index in [0.717, 1.165) is 24.9 Å². The van der Waals surface area contributed by atoms with Crippen molar-refractivity contribution >= 4 is 11.8 Å². The highest BCUT2D eigenvalue weighted by molar-refractivity contribution is 5.90. The molecule has 106 valence electrons. The summed E-state index contributed by atoms with van der Waals surface area (Å²) in [4.78, 5) is 28.5. The first-order chi connectivity index (χ1) is 9.68. The molecule has 0 aromatic heterocycles. The Hall–Kier alpha value is -1.84. The highest BCUT2D eigenvalue weighted by Crippen LogP contribution is 2.28. The molecule has 0 saturated carbocycles. The van der Waals surface area contributed by atoms with Crippen molar-refractivity contribution in [2.75, 3.05) is 13.1 Å². The predicted molar refractivity (Wildman–Crippen MR) is 75.9 cm³/mol. The highest BCUT2D eigenvalue weighted by atomic mass is 16.2. The summed E-state index contributed by atoms with van der Waals surface area (Å²) in [5.41, 5.74) is 1.12. The van der Waals surface area contributed by atoms with Crippen molar-refractivity contribution in [3.05, 3.63) is 35.9 Å². The van der Waals surface area contributed by atoms with Crippen molar-refractivity contribution in [1.29, 1.82) is 0 Å². The molecule has 2 fully saturated rings. The fraction of sp³-hybridized carbons (Fsp3) is 0.500. The van der Waals surface area contributed by atoms with Gasteiger partial charge in [0.1, 0.15) is 6.04 Å². The molecular formula is C16H20N2O2. The second kappa shape index (κ2) is 5.27. The minimum atomic E-state index is -0.226. The van der Waals surface area contributed by atoms with Crippen molar-refractivity contribution in [3.63, 3.8) is 0 Å². The van der Waals surface area contributed by atoms with E-state index in [-0.39, 0.29) is 23.9 Å². The molecular weight excluding hydrogens is 252 g/mol. The minimum Gasteiger partial charge on any atom is -0.334 e. The Morgan fingerprint density at radius 3 is 2.65 bits per heavy atom. The Kier molecular flexibility index (Phi) is 3.47. The number of carbonyl (C=O) groups excluding carboxylic acids is 2. The third-order valence-corrected chi connectivity index (χ3v) is 4.46. The van der Waals surface area contributed by atoms with Gasteiger partial charge < -0.3 is 9.80 Å². The minimum absolute atomic E-state index is 0.0250. The molecule has 0 spiro atoms. The van der Waals surface area contributed by atoms with E-state index in [9.17, 15) is 9.59 Å². The van der Waals surface area contributed by atoms with Crippen molar-refractivity contribution in [2.45, 2.75) is 38.3 Å². The summed E-state index contributed by atoms with van der Waals surface area (Å²) in [7, 11) is 0. The Morgan fingerprint density at radius 1 is 1.15 bits per heavy atom. The number of carbonyl (C=O) groups is 2. The summed E-state index contributed by atoms with van der Waals surface area (Å²) in [6.07, 6.45) is 2.19. The molecule has 1 aromatic rings. The lowest BCUT2D eigenvalue weighted by molar-refractivity contribution is -0.140. The van der Waals surface area contributed by atoms with Crippen LogP contribution in [0, 0.1) is 0 Å². The van der Waals surface area contributed by atoms with E-state index in [2.05, 4.69) is 0 Å². The van der Waals surface area contributed by atoms with Gasteiger partial charge in [-0.05, 0) is 25.3 Å². The molecule has 2 amide bonds. The van der Waals surface area contributed by atoms with Gasteiger partial charge in [0, 0.05) is 19.5 Å². The van der Waals surface area contributed by atoms with Crippen LogP contribution in [0.5, 0.6) is 0 Å². The summed E-state index contributed by atoms with van der Waals surface area (Å²) in [5, 5.41) is 0. The van der Waals surface area contributed by atoms with Gasteiger partial charge in [0.2, 0.25) is 11.8 Å². The molecule has 0 N–H and O–H groups in total. The number of hydrogen-bond acceptors (Lipinski definition) is 2. The zero-order valence-corrected chi connectivity index (χ0v) is 11.8. The number of nitrogens with zero attached hydrogens (tertiary/aromatic N) is 2. The average molecular weight is 272 g/mol. The van der Waals surface area contributed by atoms with Gasteiger partial charge in [0.05, 0.1) is 6.04 Å². The molecule has 2 aliphatic heterocycles. The molecule has 4 nitrogen and oxygen atoms in total. The van der Waals surface area contributed by atoms with Crippen molar-refractivity contribution < 1.29 is 9.59 Å². The van der Waals surface area contributed by atoms with Gasteiger partial charge in [-0.3, -0.25) is 9.59 Å². The lowest BCUT2D eigenvalue weighted by atomic mass is 10.1. The predicted octanol–water partition coefficient (Wildman–Crippen LogP) is 1.97. The first-order valence-electron chi connectivity index (χ1n) is 7.33. The molecule has 3 rings (SSSR count). The summed E-state index contributed by atoms with van der Waals surface area (Å²) in [6.45, 7) is 3.31. The van der Waals surface area contributed by atoms with Crippen LogP contribution in [-0.2, 0) is 9.59 Å². The first kappa shape index (κ1) is 13.2. The summed E-state index contributed by atoms with van der Waals surface area (Å²) >= 11 is 0. The van der Waals surface area contributed by atoms with Gasteiger partial charge in [-0.25, -0.2) is 0 Å². The maximum atomic E-state index is 12.7. The number of benzene rings is 1. The van der Waals surface area contributed by atoms with Gasteiger partial charge in [-0.1, -0.05) is 30.3 Å². The molecule has 0 radical (unpaired) electrons. The van der Waals surface area contributed by atoms with Crippen LogP contribution in [0.25, 0.3) is 0 Å². The van der Waals surface area contributed by atoms with E-state index in [4.69, 9.17) is 0 Å². The molecule has 1 aromatic carbocycles. The SMILES string of the molecule is CC(c1ccccc1)N1CCC(=O)N2CCCC2C1=O. The van der Waals surface area contributed by atoms with E-state index in [1.165, 1.54) is 0 Å². The van der Waals surface area contributed by atoms with Gasteiger partial charge in [-0.15, -0.1) is 0 Å². The normalized spacial score (nSPS) is 24.6. The summed E-state index contributed by atoms with van der Waals surface area (Å²) in [6, 6.07) is 9.83. The Labute approximate surface area is 119 Å².